The SMILES string of the molecule is COC(=O)c1ccc(CN2CCC(O)C(C)C2)cc1F. The van der Waals surface area contributed by atoms with Gasteiger partial charge in [-0.1, -0.05) is 13.0 Å². The highest BCUT2D eigenvalue weighted by atomic mass is 19.1. The quantitative estimate of drug-likeness (QED) is 0.859. The van der Waals surface area contributed by atoms with E-state index in [0.29, 0.717) is 6.54 Å². The normalized spacial score (nSPS) is 23.6. The van der Waals surface area contributed by atoms with Crippen molar-refractivity contribution in [1.29, 1.82) is 0 Å². The van der Waals surface area contributed by atoms with Gasteiger partial charge in [-0.2, -0.15) is 0 Å². The number of hydrogen-bond donors (Lipinski definition) is 1. The zero-order valence-electron chi connectivity index (χ0n) is 11.8. The predicted octanol–water partition coefficient (Wildman–Crippen LogP) is 1.81. The zero-order valence-corrected chi connectivity index (χ0v) is 11.8. The monoisotopic (exact) mass is 281 g/mol. The third-order valence-electron chi connectivity index (χ3n) is 3.79. The van der Waals surface area contributed by atoms with Crippen LogP contribution in [0.4, 0.5) is 4.39 Å². The molecule has 1 aliphatic rings. The number of carbonyl (C=O) groups is 1. The van der Waals surface area contributed by atoms with Crippen LogP contribution < -0.4 is 0 Å². The predicted molar refractivity (Wildman–Crippen MR) is 72.8 cm³/mol. The summed E-state index contributed by atoms with van der Waals surface area (Å²) in [6.45, 7) is 4.22. The van der Waals surface area contributed by atoms with Crippen molar-refractivity contribution in [2.75, 3.05) is 20.2 Å². The molecule has 0 spiro atoms. The summed E-state index contributed by atoms with van der Waals surface area (Å²) in [5, 5.41) is 9.69. The van der Waals surface area contributed by atoms with Gasteiger partial charge in [0.05, 0.1) is 18.8 Å². The van der Waals surface area contributed by atoms with Crippen molar-refractivity contribution in [3.8, 4) is 0 Å². The van der Waals surface area contributed by atoms with E-state index in [2.05, 4.69) is 9.64 Å². The first-order valence-corrected chi connectivity index (χ1v) is 6.78. The van der Waals surface area contributed by atoms with E-state index in [0.717, 1.165) is 25.1 Å². The fourth-order valence-electron chi connectivity index (χ4n) is 2.55. The number of rotatable bonds is 3. The minimum Gasteiger partial charge on any atom is -0.465 e. The van der Waals surface area contributed by atoms with Gasteiger partial charge >= 0.3 is 5.97 Å². The Kier molecular flexibility index (Phi) is 4.73. The molecule has 0 radical (unpaired) electrons. The van der Waals surface area contributed by atoms with Crippen molar-refractivity contribution in [3.05, 3.63) is 35.1 Å². The molecule has 4 nitrogen and oxygen atoms in total. The summed E-state index contributed by atoms with van der Waals surface area (Å²) in [5.41, 5.74) is 0.775. The lowest BCUT2D eigenvalue weighted by atomic mass is 9.96. The molecule has 1 N–H and O–H groups in total. The number of hydrogen-bond acceptors (Lipinski definition) is 4. The molecule has 110 valence electrons. The second kappa shape index (κ2) is 6.33. The summed E-state index contributed by atoms with van der Waals surface area (Å²) in [7, 11) is 1.23. The number of aliphatic hydroxyl groups is 1. The minimum absolute atomic E-state index is 0.0429. The Labute approximate surface area is 118 Å². The van der Waals surface area contributed by atoms with Crippen LogP contribution >= 0.6 is 0 Å². The van der Waals surface area contributed by atoms with Gasteiger partial charge in [0.25, 0.3) is 0 Å². The summed E-state index contributed by atoms with van der Waals surface area (Å²) >= 11 is 0. The van der Waals surface area contributed by atoms with Crippen molar-refractivity contribution >= 4 is 5.97 Å². The van der Waals surface area contributed by atoms with E-state index in [-0.39, 0.29) is 17.6 Å². The van der Waals surface area contributed by atoms with E-state index >= 15 is 0 Å². The number of halogens is 1. The molecule has 0 amide bonds. The van der Waals surface area contributed by atoms with Gasteiger partial charge in [-0.15, -0.1) is 0 Å². The van der Waals surface area contributed by atoms with Gasteiger partial charge < -0.3 is 9.84 Å². The molecule has 1 heterocycles. The lowest BCUT2D eigenvalue weighted by Gasteiger charge is -2.34. The van der Waals surface area contributed by atoms with Crippen LogP contribution in [0.15, 0.2) is 18.2 Å². The maximum Gasteiger partial charge on any atom is 0.340 e. The van der Waals surface area contributed by atoms with E-state index in [1.54, 1.807) is 6.07 Å². The van der Waals surface area contributed by atoms with Crippen LogP contribution in [0.1, 0.15) is 29.3 Å². The van der Waals surface area contributed by atoms with Crippen molar-refractivity contribution < 1.29 is 19.0 Å². The largest absolute Gasteiger partial charge is 0.465 e. The van der Waals surface area contributed by atoms with E-state index < -0.39 is 11.8 Å². The highest BCUT2D eigenvalue weighted by Gasteiger charge is 2.24. The lowest BCUT2D eigenvalue weighted by Crippen LogP contribution is -2.41. The third-order valence-corrected chi connectivity index (χ3v) is 3.79. The maximum absolute atomic E-state index is 13.8. The number of benzene rings is 1. The van der Waals surface area contributed by atoms with E-state index in [1.807, 2.05) is 6.92 Å². The molecule has 5 heteroatoms. The number of likely N-dealkylation sites (tertiary alicyclic amines) is 1. The first-order valence-electron chi connectivity index (χ1n) is 6.78. The third kappa shape index (κ3) is 3.35. The molecule has 2 atom stereocenters. The van der Waals surface area contributed by atoms with Crippen LogP contribution in [0.5, 0.6) is 0 Å². The molecule has 1 aromatic rings. The molecule has 0 saturated carbocycles. The molecule has 1 fully saturated rings. The standard InChI is InChI=1S/C15H20FNO3/c1-10-8-17(6-5-14(10)18)9-11-3-4-12(13(16)7-11)15(19)20-2/h3-4,7,10,14,18H,5-6,8-9H2,1-2H3. The number of ether oxygens (including phenoxy) is 1. The van der Waals surface area contributed by atoms with Crippen LogP contribution in [0.25, 0.3) is 0 Å². The summed E-state index contributed by atoms with van der Waals surface area (Å²) < 4.78 is 18.3. The van der Waals surface area contributed by atoms with Crippen molar-refractivity contribution in [1.82, 2.24) is 4.90 Å². The van der Waals surface area contributed by atoms with Crippen LogP contribution in [0.2, 0.25) is 0 Å². The molecule has 2 unspecified atom stereocenters. The highest BCUT2D eigenvalue weighted by Crippen LogP contribution is 2.20. The number of carbonyl (C=O) groups excluding carboxylic acids is 1. The van der Waals surface area contributed by atoms with Crippen LogP contribution in [0.3, 0.4) is 0 Å². The first-order chi connectivity index (χ1) is 9.51. The van der Waals surface area contributed by atoms with Gasteiger partial charge in [-0.25, -0.2) is 9.18 Å². The van der Waals surface area contributed by atoms with Gasteiger partial charge in [0.2, 0.25) is 0 Å². The Hall–Kier alpha value is -1.46. The lowest BCUT2D eigenvalue weighted by molar-refractivity contribution is 0.0319. The summed E-state index contributed by atoms with van der Waals surface area (Å²) in [6.07, 6.45) is 0.494. The van der Waals surface area contributed by atoms with Gasteiger partial charge in [-0.3, -0.25) is 4.90 Å². The Balaban J connectivity index is 2.04. The van der Waals surface area contributed by atoms with Crippen molar-refractivity contribution in [2.45, 2.75) is 26.0 Å². The van der Waals surface area contributed by atoms with Gasteiger partial charge in [0.15, 0.2) is 0 Å². The summed E-state index contributed by atoms with van der Waals surface area (Å²) in [6, 6.07) is 4.58. The Morgan fingerprint density at radius 1 is 1.55 bits per heavy atom. The van der Waals surface area contributed by atoms with E-state index in [9.17, 15) is 14.3 Å². The number of nitrogens with zero attached hydrogens (tertiary/aromatic N) is 1. The summed E-state index contributed by atoms with van der Waals surface area (Å²) in [4.78, 5) is 13.5. The second-order valence-electron chi connectivity index (χ2n) is 5.37. The van der Waals surface area contributed by atoms with Gasteiger partial charge in [0.1, 0.15) is 5.82 Å². The van der Waals surface area contributed by atoms with Crippen LogP contribution in [0, 0.1) is 11.7 Å². The number of piperidine rings is 1. The Bertz CT molecular complexity index is 492. The molecule has 1 saturated heterocycles. The molecule has 1 aliphatic heterocycles. The zero-order chi connectivity index (χ0) is 14.7. The maximum atomic E-state index is 13.8. The molecule has 0 aromatic heterocycles. The van der Waals surface area contributed by atoms with Crippen LogP contribution in [-0.2, 0) is 11.3 Å². The molecule has 1 aromatic carbocycles. The summed E-state index contributed by atoms with van der Waals surface area (Å²) in [5.74, 6) is -0.994. The Morgan fingerprint density at radius 3 is 2.90 bits per heavy atom. The first kappa shape index (κ1) is 14.9. The second-order valence-corrected chi connectivity index (χ2v) is 5.37. The van der Waals surface area contributed by atoms with E-state index in [1.165, 1.54) is 19.2 Å². The number of esters is 1. The molecule has 20 heavy (non-hydrogen) atoms. The molecular weight excluding hydrogens is 261 g/mol. The average Bonchev–Trinajstić information content (AvgIpc) is 2.42. The smallest absolute Gasteiger partial charge is 0.340 e. The van der Waals surface area contributed by atoms with Crippen molar-refractivity contribution in [3.63, 3.8) is 0 Å². The number of methoxy groups -OCH3 is 1. The van der Waals surface area contributed by atoms with E-state index in [4.69, 9.17) is 0 Å². The number of aliphatic hydroxyl groups excluding tert-OH is 1. The molecule has 0 bridgehead atoms. The average molecular weight is 281 g/mol. The fraction of sp³-hybridized carbons (Fsp3) is 0.533. The van der Waals surface area contributed by atoms with Gasteiger partial charge in [-0.05, 0) is 30.0 Å². The van der Waals surface area contributed by atoms with Gasteiger partial charge in [0, 0.05) is 19.6 Å². The fourth-order valence-corrected chi connectivity index (χ4v) is 2.55. The minimum atomic E-state index is -0.663. The molecular formula is C15H20FNO3. The van der Waals surface area contributed by atoms with Crippen molar-refractivity contribution in [2.24, 2.45) is 5.92 Å². The van der Waals surface area contributed by atoms with Crippen LogP contribution in [-0.4, -0.2) is 42.3 Å². The molecule has 0 aliphatic carbocycles. The Morgan fingerprint density at radius 2 is 2.30 bits per heavy atom. The molecule has 2 rings (SSSR count). The topological polar surface area (TPSA) is 49.8 Å². The highest BCUT2D eigenvalue weighted by molar-refractivity contribution is 5.89.